The molecule has 1 aromatic carbocycles. The number of nitrogens with one attached hydrogen (secondary N) is 1. The second kappa shape index (κ2) is 5.76. The fraction of sp³-hybridized carbons (Fsp3) is 0.308. The van der Waals surface area contributed by atoms with Crippen LogP contribution in [-0.2, 0) is 24.3 Å². The topological polar surface area (TPSA) is 128 Å². The predicted octanol–water partition coefficient (Wildman–Crippen LogP) is -0.469. The van der Waals surface area contributed by atoms with Crippen LogP contribution in [0.4, 0.5) is 0 Å². The van der Waals surface area contributed by atoms with Crippen LogP contribution in [0.5, 0.6) is 0 Å². The van der Waals surface area contributed by atoms with Gasteiger partial charge in [-0.2, -0.15) is 0 Å². The lowest BCUT2D eigenvalue weighted by Crippen LogP contribution is -2.34. The molecule has 22 heavy (non-hydrogen) atoms. The number of carbonyl (C=O) groups is 2. The highest BCUT2D eigenvalue weighted by atomic mass is 32.2. The van der Waals surface area contributed by atoms with Crippen molar-refractivity contribution in [2.75, 3.05) is 0 Å². The molecule has 2 unspecified atom stereocenters. The number of benzene rings is 1. The van der Waals surface area contributed by atoms with E-state index in [2.05, 4.69) is 9.71 Å². The molecule has 2 rings (SSSR count). The number of ether oxygens (including phenoxy) is 1. The third-order valence-corrected chi connectivity index (χ3v) is 4.42. The first kappa shape index (κ1) is 16.0. The molecule has 3 N–H and O–H groups in total. The molecule has 0 aromatic heterocycles. The third kappa shape index (κ3) is 3.08. The van der Waals surface area contributed by atoms with Crippen molar-refractivity contribution in [3.63, 3.8) is 0 Å². The van der Waals surface area contributed by atoms with Crippen LogP contribution in [0.15, 0.2) is 34.2 Å². The van der Waals surface area contributed by atoms with E-state index in [-0.39, 0.29) is 10.7 Å². The van der Waals surface area contributed by atoms with E-state index in [0.29, 0.717) is 5.56 Å². The molecule has 0 saturated carbocycles. The molecule has 0 fully saturated rings. The molecule has 8 nitrogen and oxygen atoms in total. The number of nitrogens with zero attached hydrogens (tertiary/aromatic N) is 1. The lowest BCUT2D eigenvalue weighted by molar-refractivity contribution is -0.154. The Balaban J connectivity index is 2.24. The largest absolute Gasteiger partial charge is 0.451 e. The minimum absolute atomic E-state index is 0.0618. The van der Waals surface area contributed by atoms with Crippen molar-refractivity contribution < 1.29 is 22.7 Å². The highest BCUT2D eigenvalue weighted by molar-refractivity contribution is 7.90. The highest BCUT2D eigenvalue weighted by Gasteiger charge is 2.31. The van der Waals surface area contributed by atoms with Gasteiger partial charge in [0.1, 0.15) is 11.9 Å². The SMILES string of the molecule is CC(N=C1NS(=O)(=O)c2ccccc21)C(=O)OC(C)C(N)=O. The number of hydrogen-bond acceptors (Lipinski definition) is 6. The Morgan fingerprint density at radius 2 is 1.91 bits per heavy atom. The minimum Gasteiger partial charge on any atom is -0.451 e. The van der Waals surface area contributed by atoms with Crippen molar-refractivity contribution in [1.82, 2.24) is 4.72 Å². The van der Waals surface area contributed by atoms with Gasteiger partial charge in [-0.25, -0.2) is 13.2 Å². The average molecular weight is 325 g/mol. The maximum Gasteiger partial charge on any atom is 0.331 e. The van der Waals surface area contributed by atoms with Gasteiger partial charge in [0.15, 0.2) is 6.10 Å². The highest BCUT2D eigenvalue weighted by Crippen LogP contribution is 2.22. The van der Waals surface area contributed by atoms with Crippen LogP contribution in [0.1, 0.15) is 19.4 Å². The molecule has 2 atom stereocenters. The van der Waals surface area contributed by atoms with E-state index in [1.165, 1.54) is 19.9 Å². The number of amidine groups is 1. The van der Waals surface area contributed by atoms with Crippen LogP contribution in [0.2, 0.25) is 0 Å². The molecule has 0 bridgehead atoms. The number of primary amides is 1. The maximum absolute atomic E-state index is 11.9. The van der Waals surface area contributed by atoms with Gasteiger partial charge in [0.25, 0.3) is 15.9 Å². The molecule has 0 saturated heterocycles. The molecular weight excluding hydrogens is 310 g/mol. The molecule has 1 aliphatic rings. The van der Waals surface area contributed by atoms with E-state index in [4.69, 9.17) is 10.5 Å². The van der Waals surface area contributed by atoms with Crippen LogP contribution < -0.4 is 10.5 Å². The molecule has 1 amide bonds. The van der Waals surface area contributed by atoms with Crippen molar-refractivity contribution in [1.29, 1.82) is 0 Å². The molecule has 0 spiro atoms. The van der Waals surface area contributed by atoms with Crippen LogP contribution in [0.25, 0.3) is 0 Å². The molecule has 0 aliphatic carbocycles. The van der Waals surface area contributed by atoms with Gasteiger partial charge in [-0.05, 0) is 26.0 Å². The van der Waals surface area contributed by atoms with Gasteiger partial charge >= 0.3 is 5.97 Å². The smallest absolute Gasteiger partial charge is 0.331 e. The Hall–Kier alpha value is -2.42. The lowest BCUT2D eigenvalue weighted by atomic mass is 10.2. The zero-order valence-corrected chi connectivity index (χ0v) is 12.8. The number of carbonyl (C=O) groups excluding carboxylic acids is 2. The van der Waals surface area contributed by atoms with Crippen molar-refractivity contribution in [3.8, 4) is 0 Å². The van der Waals surface area contributed by atoms with E-state index in [1.54, 1.807) is 18.2 Å². The summed E-state index contributed by atoms with van der Waals surface area (Å²) in [6.45, 7) is 2.77. The van der Waals surface area contributed by atoms with Crippen LogP contribution in [0.3, 0.4) is 0 Å². The first-order valence-electron chi connectivity index (χ1n) is 6.42. The Morgan fingerprint density at radius 3 is 2.55 bits per heavy atom. The number of aliphatic imine (C=N–C) groups is 1. The second-order valence-corrected chi connectivity index (χ2v) is 6.39. The van der Waals surface area contributed by atoms with Gasteiger partial charge in [0.2, 0.25) is 0 Å². The summed E-state index contributed by atoms with van der Waals surface area (Å²) < 4.78 is 30.9. The van der Waals surface area contributed by atoms with E-state index >= 15 is 0 Å². The van der Waals surface area contributed by atoms with E-state index in [1.807, 2.05) is 0 Å². The molecule has 1 aromatic rings. The number of amides is 1. The van der Waals surface area contributed by atoms with E-state index in [0.717, 1.165) is 0 Å². The summed E-state index contributed by atoms with van der Waals surface area (Å²) in [5.41, 5.74) is 5.38. The Labute approximate surface area is 127 Å². The summed E-state index contributed by atoms with van der Waals surface area (Å²) in [6.07, 6.45) is -1.08. The van der Waals surface area contributed by atoms with E-state index in [9.17, 15) is 18.0 Å². The molecular formula is C13H15N3O5S. The Kier molecular flexibility index (Phi) is 4.18. The Bertz CT molecular complexity index is 757. The number of fused-ring (bicyclic) bond motifs is 1. The molecule has 1 heterocycles. The summed E-state index contributed by atoms with van der Waals surface area (Å²) in [5.74, 6) is -1.49. The molecule has 118 valence electrons. The van der Waals surface area contributed by atoms with Gasteiger partial charge in [-0.3, -0.25) is 14.5 Å². The van der Waals surface area contributed by atoms with Crippen molar-refractivity contribution >= 4 is 27.7 Å². The number of sulfonamides is 1. The minimum atomic E-state index is -3.67. The Morgan fingerprint density at radius 1 is 1.27 bits per heavy atom. The molecule has 1 aliphatic heterocycles. The van der Waals surface area contributed by atoms with Crippen molar-refractivity contribution in [3.05, 3.63) is 29.8 Å². The van der Waals surface area contributed by atoms with Gasteiger partial charge in [0, 0.05) is 5.56 Å². The lowest BCUT2D eigenvalue weighted by Gasteiger charge is -2.12. The summed E-state index contributed by atoms with van der Waals surface area (Å²) >= 11 is 0. The molecule has 9 heteroatoms. The first-order valence-corrected chi connectivity index (χ1v) is 7.90. The van der Waals surface area contributed by atoms with Crippen LogP contribution in [-0.4, -0.2) is 38.3 Å². The first-order chi connectivity index (χ1) is 10.2. The second-order valence-electron chi connectivity index (χ2n) is 4.74. The predicted molar refractivity (Wildman–Crippen MR) is 77.5 cm³/mol. The van der Waals surface area contributed by atoms with Gasteiger partial charge in [-0.15, -0.1) is 0 Å². The zero-order valence-electron chi connectivity index (χ0n) is 11.9. The van der Waals surface area contributed by atoms with Crippen LogP contribution >= 0.6 is 0 Å². The number of hydrogen-bond donors (Lipinski definition) is 2. The maximum atomic E-state index is 11.9. The van der Waals surface area contributed by atoms with Gasteiger partial charge in [0.05, 0.1) is 4.90 Å². The average Bonchev–Trinajstić information content (AvgIpc) is 2.70. The number of esters is 1. The standard InChI is InChI=1S/C13H15N3O5S/c1-7(13(18)21-8(2)11(14)17)15-12-9-5-3-4-6-10(9)22(19,20)16-12/h3-8H,1-2H3,(H2,14,17)(H,15,16). The van der Waals surface area contributed by atoms with Crippen molar-refractivity contribution in [2.45, 2.75) is 30.9 Å². The molecule has 0 radical (unpaired) electrons. The van der Waals surface area contributed by atoms with E-state index < -0.39 is 34.0 Å². The van der Waals surface area contributed by atoms with Crippen LogP contribution in [0, 0.1) is 0 Å². The third-order valence-electron chi connectivity index (χ3n) is 3.02. The van der Waals surface area contributed by atoms with Crippen molar-refractivity contribution in [2.24, 2.45) is 10.7 Å². The number of rotatable bonds is 4. The summed E-state index contributed by atoms with van der Waals surface area (Å²) in [7, 11) is -3.67. The summed E-state index contributed by atoms with van der Waals surface area (Å²) in [5, 5.41) is 0. The quantitative estimate of drug-likeness (QED) is 0.723. The fourth-order valence-corrected chi connectivity index (χ4v) is 3.05. The normalized spacial score (nSPS) is 19.8. The summed E-state index contributed by atoms with van der Waals surface area (Å²) in [4.78, 5) is 26.8. The zero-order chi connectivity index (χ0) is 16.5. The van der Waals surface area contributed by atoms with Gasteiger partial charge < -0.3 is 10.5 Å². The monoisotopic (exact) mass is 325 g/mol. The van der Waals surface area contributed by atoms with Gasteiger partial charge in [-0.1, -0.05) is 12.1 Å². The number of nitrogens with two attached hydrogens (primary N) is 1. The fourth-order valence-electron chi connectivity index (χ4n) is 1.81. The summed E-state index contributed by atoms with van der Waals surface area (Å²) in [6, 6.07) is 5.28.